The number of nitrogens with two attached hydrogens (primary N) is 1. The van der Waals surface area contributed by atoms with E-state index in [4.69, 9.17) is 10.5 Å². The maximum Gasteiger partial charge on any atom is 0.146 e. The zero-order chi connectivity index (χ0) is 11.4. The Morgan fingerprint density at radius 2 is 2.20 bits per heavy atom. The molecule has 3 nitrogen and oxygen atoms in total. The van der Waals surface area contributed by atoms with Crippen LogP contribution in [0, 0.1) is 6.92 Å². The summed E-state index contributed by atoms with van der Waals surface area (Å²) >= 11 is 0. The molecule has 0 saturated heterocycles. The summed E-state index contributed by atoms with van der Waals surface area (Å²) in [5, 5.41) is 0. The van der Waals surface area contributed by atoms with Gasteiger partial charge in [0.05, 0.1) is 13.2 Å². The second-order valence-electron chi connectivity index (χ2n) is 3.74. The molecular weight excluding hydrogens is 190 g/mol. The third kappa shape index (κ3) is 3.06. The highest BCUT2D eigenvalue weighted by molar-refractivity contribution is 5.81. The van der Waals surface area contributed by atoms with Crippen molar-refractivity contribution in [2.24, 2.45) is 5.73 Å². The number of rotatable bonds is 4. The van der Waals surface area contributed by atoms with Gasteiger partial charge in [0, 0.05) is 0 Å². The molecule has 0 aliphatic heterocycles. The molecular formula is C12H17NO2. The highest BCUT2D eigenvalue weighted by Gasteiger charge is 2.12. The fourth-order valence-corrected chi connectivity index (χ4v) is 1.40. The molecule has 0 spiro atoms. The summed E-state index contributed by atoms with van der Waals surface area (Å²) in [4.78, 5) is 11.0. The summed E-state index contributed by atoms with van der Waals surface area (Å²) in [5.41, 5.74) is 7.81. The van der Waals surface area contributed by atoms with Crippen molar-refractivity contribution in [3.05, 3.63) is 29.3 Å². The van der Waals surface area contributed by atoms with Crippen molar-refractivity contribution in [1.82, 2.24) is 0 Å². The standard InChI is InChI=1S/C12H17NO2/c1-8-4-5-10(12(6-8)15-3)7-11(13)9(2)14/h4-6,11H,7,13H2,1-3H3. The van der Waals surface area contributed by atoms with E-state index in [2.05, 4.69) is 0 Å². The van der Waals surface area contributed by atoms with Crippen molar-refractivity contribution in [2.45, 2.75) is 26.3 Å². The molecule has 1 atom stereocenters. The van der Waals surface area contributed by atoms with E-state index in [9.17, 15) is 4.79 Å². The van der Waals surface area contributed by atoms with E-state index in [1.165, 1.54) is 6.92 Å². The molecule has 0 fully saturated rings. The van der Waals surface area contributed by atoms with E-state index in [0.29, 0.717) is 6.42 Å². The number of hydrogen-bond donors (Lipinski definition) is 1. The molecule has 1 aromatic rings. The topological polar surface area (TPSA) is 52.3 Å². The molecule has 0 amide bonds. The number of carbonyl (C=O) groups excluding carboxylic acids is 1. The van der Waals surface area contributed by atoms with Crippen LogP contribution in [-0.4, -0.2) is 18.9 Å². The summed E-state index contributed by atoms with van der Waals surface area (Å²) in [7, 11) is 1.62. The molecule has 0 bridgehead atoms. The smallest absolute Gasteiger partial charge is 0.146 e. The van der Waals surface area contributed by atoms with Crippen molar-refractivity contribution in [3.63, 3.8) is 0 Å². The van der Waals surface area contributed by atoms with Gasteiger partial charge in [-0.25, -0.2) is 0 Å². The van der Waals surface area contributed by atoms with Gasteiger partial charge in [0.25, 0.3) is 0 Å². The number of Topliss-reactive ketones (excluding diaryl/α,β-unsaturated/α-hetero) is 1. The van der Waals surface area contributed by atoms with Gasteiger partial charge in [-0.05, 0) is 37.5 Å². The molecule has 0 aromatic heterocycles. The summed E-state index contributed by atoms with van der Waals surface area (Å²) in [6.45, 7) is 3.50. The Bertz CT molecular complexity index is 361. The molecule has 0 aliphatic rings. The number of carbonyl (C=O) groups is 1. The van der Waals surface area contributed by atoms with Crippen molar-refractivity contribution < 1.29 is 9.53 Å². The van der Waals surface area contributed by atoms with E-state index in [0.717, 1.165) is 16.9 Å². The number of methoxy groups -OCH3 is 1. The zero-order valence-electron chi connectivity index (χ0n) is 9.41. The van der Waals surface area contributed by atoms with Crippen LogP contribution in [0.5, 0.6) is 5.75 Å². The van der Waals surface area contributed by atoms with Crippen molar-refractivity contribution in [3.8, 4) is 5.75 Å². The molecule has 0 radical (unpaired) electrons. The third-order valence-electron chi connectivity index (χ3n) is 2.40. The fraction of sp³-hybridized carbons (Fsp3) is 0.417. The largest absolute Gasteiger partial charge is 0.496 e. The first-order valence-corrected chi connectivity index (χ1v) is 4.94. The Morgan fingerprint density at radius 1 is 1.53 bits per heavy atom. The highest BCUT2D eigenvalue weighted by atomic mass is 16.5. The summed E-state index contributed by atoms with van der Waals surface area (Å²) in [6.07, 6.45) is 0.527. The first kappa shape index (κ1) is 11.7. The van der Waals surface area contributed by atoms with Crippen molar-refractivity contribution in [1.29, 1.82) is 0 Å². The van der Waals surface area contributed by atoms with Crippen LogP contribution in [0.4, 0.5) is 0 Å². The number of aryl methyl sites for hydroxylation is 1. The molecule has 0 aliphatic carbocycles. The van der Waals surface area contributed by atoms with Crippen LogP contribution in [-0.2, 0) is 11.2 Å². The lowest BCUT2D eigenvalue weighted by atomic mass is 10.0. The van der Waals surface area contributed by atoms with Crippen LogP contribution in [0.3, 0.4) is 0 Å². The van der Waals surface area contributed by atoms with Crippen molar-refractivity contribution >= 4 is 5.78 Å². The van der Waals surface area contributed by atoms with Crippen LogP contribution in [0.25, 0.3) is 0 Å². The zero-order valence-corrected chi connectivity index (χ0v) is 9.41. The molecule has 82 valence electrons. The lowest BCUT2D eigenvalue weighted by molar-refractivity contribution is -0.118. The minimum atomic E-state index is -0.443. The molecule has 1 unspecified atom stereocenters. The predicted molar refractivity (Wildman–Crippen MR) is 60.1 cm³/mol. The Kier molecular flexibility index (Phi) is 3.86. The summed E-state index contributed by atoms with van der Waals surface area (Å²) in [6, 6.07) is 5.45. The van der Waals surface area contributed by atoms with E-state index < -0.39 is 6.04 Å². The monoisotopic (exact) mass is 207 g/mol. The highest BCUT2D eigenvalue weighted by Crippen LogP contribution is 2.21. The lowest BCUT2D eigenvalue weighted by Crippen LogP contribution is -2.30. The fourth-order valence-electron chi connectivity index (χ4n) is 1.40. The minimum absolute atomic E-state index is 0.00220. The second kappa shape index (κ2) is 4.94. The minimum Gasteiger partial charge on any atom is -0.496 e. The lowest BCUT2D eigenvalue weighted by Gasteiger charge is -2.12. The first-order valence-electron chi connectivity index (χ1n) is 4.94. The number of ether oxygens (including phenoxy) is 1. The molecule has 1 rings (SSSR count). The molecule has 0 heterocycles. The molecule has 1 aromatic carbocycles. The van der Waals surface area contributed by atoms with Gasteiger partial charge < -0.3 is 10.5 Å². The van der Waals surface area contributed by atoms with E-state index in [1.807, 2.05) is 25.1 Å². The predicted octanol–water partition coefficient (Wildman–Crippen LogP) is 1.46. The van der Waals surface area contributed by atoms with Crippen LogP contribution in [0.1, 0.15) is 18.1 Å². The first-order chi connectivity index (χ1) is 7.04. The number of hydrogen-bond acceptors (Lipinski definition) is 3. The number of ketones is 1. The Hall–Kier alpha value is -1.35. The van der Waals surface area contributed by atoms with Crippen LogP contribution >= 0.6 is 0 Å². The van der Waals surface area contributed by atoms with Gasteiger partial charge in [0.15, 0.2) is 0 Å². The molecule has 2 N–H and O–H groups in total. The van der Waals surface area contributed by atoms with E-state index in [1.54, 1.807) is 7.11 Å². The molecule has 0 saturated carbocycles. The Balaban J connectivity index is 2.89. The van der Waals surface area contributed by atoms with Gasteiger partial charge in [-0.2, -0.15) is 0 Å². The second-order valence-corrected chi connectivity index (χ2v) is 3.74. The van der Waals surface area contributed by atoms with E-state index in [-0.39, 0.29) is 5.78 Å². The third-order valence-corrected chi connectivity index (χ3v) is 2.40. The Morgan fingerprint density at radius 3 is 2.73 bits per heavy atom. The average Bonchev–Trinajstić information content (AvgIpc) is 2.20. The van der Waals surface area contributed by atoms with Gasteiger partial charge in [0.2, 0.25) is 0 Å². The molecule has 3 heteroatoms. The van der Waals surface area contributed by atoms with Crippen LogP contribution in [0.2, 0.25) is 0 Å². The maximum atomic E-state index is 11.0. The van der Waals surface area contributed by atoms with Gasteiger partial charge >= 0.3 is 0 Å². The van der Waals surface area contributed by atoms with Crippen LogP contribution < -0.4 is 10.5 Å². The summed E-state index contributed by atoms with van der Waals surface area (Å²) < 4.78 is 5.24. The van der Waals surface area contributed by atoms with Gasteiger partial charge in [-0.15, -0.1) is 0 Å². The molecule has 15 heavy (non-hydrogen) atoms. The average molecular weight is 207 g/mol. The van der Waals surface area contributed by atoms with E-state index >= 15 is 0 Å². The maximum absolute atomic E-state index is 11.0. The number of benzene rings is 1. The summed E-state index contributed by atoms with van der Waals surface area (Å²) in [5.74, 6) is 0.796. The van der Waals surface area contributed by atoms with Gasteiger partial charge in [-0.1, -0.05) is 12.1 Å². The normalized spacial score (nSPS) is 12.3. The van der Waals surface area contributed by atoms with Crippen molar-refractivity contribution in [2.75, 3.05) is 7.11 Å². The van der Waals surface area contributed by atoms with Gasteiger partial charge in [-0.3, -0.25) is 4.79 Å². The SMILES string of the molecule is COc1cc(C)ccc1CC(N)C(C)=O. The Labute approximate surface area is 90.2 Å². The quantitative estimate of drug-likeness (QED) is 0.813. The van der Waals surface area contributed by atoms with Gasteiger partial charge in [0.1, 0.15) is 11.5 Å². The van der Waals surface area contributed by atoms with Crippen LogP contribution in [0.15, 0.2) is 18.2 Å².